The number of methoxy groups -OCH3 is 1. The number of fused-ring (bicyclic) bond motifs is 1. The average Bonchev–Trinajstić information content (AvgIpc) is 3.21. The Labute approximate surface area is 188 Å². The maximum atomic E-state index is 14.1. The molecule has 166 valence electrons. The van der Waals surface area contributed by atoms with Crippen LogP contribution in [0.15, 0.2) is 71.5 Å². The van der Waals surface area contributed by atoms with Crippen molar-refractivity contribution in [3.63, 3.8) is 0 Å². The van der Waals surface area contributed by atoms with Crippen LogP contribution in [0.2, 0.25) is 0 Å². The molecule has 1 aliphatic heterocycles. The first-order valence-corrected chi connectivity index (χ1v) is 10.4. The molecule has 7 nitrogen and oxygen atoms in total. The summed E-state index contributed by atoms with van der Waals surface area (Å²) in [5, 5.41) is 8.06. The maximum absolute atomic E-state index is 14.1. The molecule has 1 amide bonds. The van der Waals surface area contributed by atoms with Crippen LogP contribution in [-0.2, 0) is 4.79 Å². The molecule has 1 atom stereocenters. The minimum atomic E-state index is -0.781. The van der Waals surface area contributed by atoms with E-state index in [1.165, 1.54) is 25.3 Å². The number of nitrogens with zero attached hydrogens (tertiary/aromatic N) is 2. The minimum Gasteiger partial charge on any atom is -0.497 e. The summed E-state index contributed by atoms with van der Waals surface area (Å²) in [6.45, 7) is 0.453. The van der Waals surface area contributed by atoms with Gasteiger partial charge in [-0.05, 0) is 30.3 Å². The number of hydrogen-bond donors (Lipinski definition) is 1. The van der Waals surface area contributed by atoms with Gasteiger partial charge in [0.25, 0.3) is 11.5 Å². The Morgan fingerprint density at radius 1 is 1.03 bits per heavy atom. The summed E-state index contributed by atoms with van der Waals surface area (Å²) in [6.07, 6.45) is -0.348. The molecule has 4 aromatic rings. The molecular formula is C25H20FN3O4. The lowest BCUT2D eigenvalue weighted by molar-refractivity contribution is -0.122. The second-order valence-electron chi connectivity index (χ2n) is 7.68. The van der Waals surface area contributed by atoms with Gasteiger partial charge in [0, 0.05) is 35.7 Å². The van der Waals surface area contributed by atoms with Crippen molar-refractivity contribution in [2.24, 2.45) is 0 Å². The van der Waals surface area contributed by atoms with Crippen LogP contribution in [0.5, 0.6) is 11.5 Å². The second kappa shape index (κ2) is 8.38. The van der Waals surface area contributed by atoms with Crippen LogP contribution >= 0.6 is 0 Å². The van der Waals surface area contributed by atoms with Gasteiger partial charge in [-0.1, -0.05) is 30.3 Å². The highest BCUT2D eigenvalue weighted by Crippen LogP contribution is 2.31. The molecule has 8 heteroatoms. The molecule has 0 aliphatic carbocycles. The lowest BCUT2D eigenvalue weighted by Gasteiger charge is -2.18. The Morgan fingerprint density at radius 2 is 1.79 bits per heavy atom. The van der Waals surface area contributed by atoms with E-state index in [9.17, 15) is 14.0 Å². The van der Waals surface area contributed by atoms with Crippen LogP contribution in [0, 0.1) is 5.82 Å². The van der Waals surface area contributed by atoms with Gasteiger partial charge in [0.05, 0.1) is 18.2 Å². The highest BCUT2D eigenvalue weighted by Gasteiger charge is 2.35. The Bertz CT molecular complexity index is 1400. The first-order chi connectivity index (χ1) is 16.0. The highest BCUT2D eigenvalue weighted by atomic mass is 19.1. The molecule has 0 bridgehead atoms. The number of carbonyl (C=O) groups excluding carboxylic acids is 1. The fourth-order valence-electron chi connectivity index (χ4n) is 4.01. The third-order valence-corrected chi connectivity index (χ3v) is 5.71. The van der Waals surface area contributed by atoms with E-state index in [1.54, 1.807) is 17.0 Å². The van der Waals surface area contributed by atoms with Gasteiger partial charge >= 0.3 is 0 Å². The highest BCUT2D eigenvalue weighted by molar-refractivity contribution is 5.99. The van der Waals surface area contributed by atoms with E-state index in [1.807, 2.05) is 36.4 Å². The Hall–Kier alpha value is -4.20. The molecule has 5 rings (SSSR count). The van der Waals surface area contributed by atoms with Gasteiger partial charge in [-0.15, -0.1) is 0 Å². The predicted molar refractivity (Wildman–Crippen MR) is 122 cm³/mol. The van der Waals surface area contributed by atoms with Crippen LogP contribution in [0.25, 0.3) is 22.0 Å². The normalized spacial score (nSPS) is 15.8. The molecule has 1 N–H and O–H groups in total. The SMILES string of the molecule is COc1ccc(F)c(OC2CCN(c3ccc(-c4n[nH]c(=O)c5ccccc45)cc3)C2=O)c1. The van der Waals surface area contributed by atoms with Crippen molar-refractivity contribution < 1.29 is 18.7 Å². The molecule has 0 spiro atoms. The van der Waals surface area contributed by atoms with E-state index >= 15 is 0 Å². The van der Waals surface area contributed by atoms with Gasteiger partial charge in [0.15, 0.2) is 17.7 Å². The summed E-state index contributed by atoms with van der Waals surface area (Å²) < 4.78 is 24.9. The van der Waals surface area contributed by atoms with Crippen LogP contribution in [0.4, 0.5) is 10.1 Å². The van der Waals surface area contributed by atoms with Crippen molar-refractivity contribution in [1.82, 2.24) is 10.2 Å². The number of anilines is 1. The second-order valence-corrected chi connectivity index (χ2v) is 7.68. The number of aromatic nitrogens is 2. The zero-order valence-corrected chi connectivity index (χ0v) is 17.7. The number of halogens is 1. The standard InChI is InChI=1S/C25H20FN3O4/c1-32-17-10-11-20(26)22(14-17)33-21-12-13-29(25(21)31)16-8-6-15(7-9-16)23-18-4-2-3-5-19(18)24(30)28-27-23/h2-11,14,21H,12-13H2,1H3,(H,28,30). The van der Waals surface area contributed by atoms with Crippen LogP contribution in [-0.4, -0.2) is 35.9 Å². The lowest BCUT2D eigenvalue weighted by Crippen LogP contribution is -2.32. The van der Waals surface area contributed by atoms with Crippen molar-refractivity contribution in [3.05, 3.63) is 82.9 Å². The molecular weight excluding hydrogens is 425 g/mol. The van der Waals surface area contributed by atoms with E-state index < -0.39 is 11.9 Å². The van der Waals surface area contributed by atoms with Gasteiger partial charge in [-0.3, -0.25) is 9.59 Å². The first kappa shape index (κ1) is 20.7. The van der Waals surface area contributed by atoms with Gasteiger partial charge < -0.3 is 14.4 Å². The summed E-state index contributed by atoms with van der Waals surface area (Å²) in [5.74, 6) is -0.349. The van der Waals surface area contributed by atoms with Gasteiger partial charge in [-0.2, -0.15) is 5.10 Å². The number of ether oxygens (including phenoxy) is 2. The molecule has 0 radical (unpaired) electrons. The lowest BCUT2D eigenvalue weighted by atomic mass is 10.0. The van der Waals surface area contributed by atoms with Crippen LogP contribution < -0.4 is 19.9 Å². The number of benzene rings is 3. The number of amides is 1. The third kappa shape index (κ3) is 3.80. The molecule has 3 aromatic carbocycles. The zero-order valence-electron chi connectivity index (χ0n) is 17.7. The maximum Gasteiger partial charge on any atom is 0.272 e. The van der Waals surface area contributed by atoms with E-state index in [4.69, 9.17) is 9.47 Å². The van der Waals surface area contributed by atoms with E-state index in [0.717, 1.165) is 10.9 Å². The summed E-state index contributed by atoms with van der Waals surface area (Å²) in [5.41, 5.74) is 1.92. The van der Waals surface area contributed by atoms with E-state index in [2.05, 4.69) is 10.2 Å². The summed E-state index contributed by atoms with van der Waals surface area (Å²) in [4.78, 5) is 26.6. The van der Waals surface area contributed by atoms with Crippen molar-refractivity contribution in [2.75, 3.05) is 18.6 Å². The van der Waals surface area contributed by atoms with Gasteiger partial charge in [-0.25, -0.2) is 9.49 Å². The van der Waals surface area contributed by atoms with Crippen molar-refractivity contribution >= 4 is 22.4 Å². The number of H-pyrrole nitrogens is 1. The third-order valence-electron chi connectivity index (χ3n) is 5.71. The van der Waals surface area contributed by atoms with E-state index in [0.29, 0.717) is 35.5 Å². The topological polar surface area (TPSA) is 84.5 Å². The Morgan fingerprint density at radius 3 is 2.55 bits per heavy atom. The predicted octanol–water partition coefficient (Wildman–Crippen LogP) is 3.92. The quantitative estimate of drug-likeness (QED) is 0.503. The smallest absolute Gasteiger partial charge is 0.272 e. The number of rotatable bonds is 5. The van der Waals surface area contributed by atoms with Crippen LogP contribution in [0.1, 0.15) is 6.42 Å². The van der Waals surface area contributed by atoms with Gasteiger partial charge in [0.1, 0.15) is 5.75 Å². The molecule has 1 unspecified atom stereocenters. The molecule has 1 aliphatic rings. The molecule has 1 aromatic heterocycles. The molecule has 33 heavy (non-hydrogen) atoms. The summed E-state index contributed by atoms with van der Waals surface area (Å²) in [7, 11) is 1.48. The largest absolute Gasteiger partial charge is 0.497 e. The molecule has 1 saturated heterocycles. The Balaban J connectivity index is 1.37. The minimum absolute atomic E-state index is 0.0130. The number of hydrogen-bond acceptors (Lipinski definition) is 5. The van der Waals surface area contributed by atoms with Crippen molar-refractivity contribution in [2.45, 2.75) is 12.5 Å². The zero-order chi connectivity index (χ0) is 22.9. The average molecular weight is 445 g/mol. The number of nitrogens with one attached hydrogen (secondary N) is 1. The molecule has 2 heterocycles. The van der Waals surface area contributed by atoms with Crippen LogP contribution in [0.3, 0.4) is 0 Å². The number of aromatic amines is 1. The van der Waals surface area contributed by atoms with Crippen molar-refractivity contribution in [3.8, 4) is 22.8 Å². The van der Waals surface area contributed by atoms with Gasteiger partial charge in [0.2, 0.25) is 0 Å². The fraction of sp³-hybridized carbons (Fsp3) is 0.160. The summed E-state index contributed by atoms with van der Waals surface area (Å²) in [6, 6.07) is 18.8. The summed E-state index contributed by atoms with van der Waals surface area (Å²) >= 11 is 0. The molecule has 1 fully saturated rings. The van der Waals surface area contributed by atoms with E-state index in [-0.39, 0.29) is 17.2 Å². The first-order valence-electron chi connectivity index (χ1n) is 10.4. The number of carbonyl (C=O) groups is 1. The monoisotopic (exact) mass is 445 g/mol. The van der Waals surface area contributed by atoms with Crippen molar-refractivity contribution in [1.29, 1.82) is 0 Å². The molecule has 0 saturated carbocycles. The Kier molecular flexibility index (Phi) is 5.26. The fourth-order valence-corrected chi connectivity index (χ4v) is 4.01.